The van der Waals surface area contributed by atoms with E-state index in [0.717, 1.165) is 21.4 Å². The highest BCUT2D eigenvalue weighted by molar-refractivity contribution is 7.92. The van der Waals surface area contributed by atoms with Crippen LogP contribution in [0.5, 0.6) is 0 Å². The number of anilines is 1. The van der Waals surface area contributed by atoms with Crippen LogP contribution in [0, 0.1) is 34.1 Å². The number of hydrogen-bond acceptors (Lipinski definition) is 10. The lowest BCUT2D eigenvalue weighted by atomic mass is 10.0. The number of hydrazone groups is 1. The largest absolute Gasteiger partial charge is 0.280 e. The Morgan fingerprint density at radius 3 is 2.00 bits per heavy atom. The van der Waals surface area contributed by atoms with Crippen molar-refractivity contribution in [3.05, 3.63) is 120 Å². The number of hydrogen-bond donors (Lipinski definition) is 1. The van der Waals surface area contributed by atoms with Crippen LogP contribution in [-0.2, 0) is 20.0 Å². The van der Waals surface area contributed by atoms with Crippen molar-refractivity contribution in [3.63, 3.8) is 0 Å². The number of sulfonamides is 2. The van der Waals surface area contributed by atoms with E-state index in [9.17, 15) is 37.1 Å². The van der Waals surface area contributed by atoms with E-state index in [0.29, 0.717) is 22.4 Å². The summed E-state index contributed by atoms with van der Waals surface area (Å²) in [4.78, 5) is 21.4. The van der Waals surface area contributed by atoms with Crippen LogP contribution < -0.4 is 4.72 Å². The minimum Gasteiger partial charge on any atom is -0.280 e. The lowest BCUT2D eigenvalue weighted by molar-refractivity contribution is -0.385. The van der Waals surface area contributed by atoms with Crippen LogP contribution in [0.25, 0.3) is 0 Å². The first kappa shape index (κ1) is 29.8. The van der Waals surface area contributed by atoms with Crippen LogP contribution in [0.15, 0.2) is 93.1 Å². The monoisotopic (exact) mass is 641 g/mol. The molecule has 0 spiro atoms. The van der Waals surface area contributed by atoms with Gasteiger partial charge >= 0.3 is 0 Å². The number of benzene rings is 3. The summed E-state index contributed by atoms with van der Waals surface area (Å²) in [5.41, 5.74) is 1.06. The van der Waals surface area contributed by atoms with Crippen LogP contribution in [0.4, 0.5) is 17.1 Å². The fourth-order valence-corrected chi connectivity index (χ4v) is 8.47. The number of aryl methyl sites for hydroxylation is 2. The smallest absolute Gasteiger partial charge is 0.280 e. The molecule has 1 unspecified atom stereocenters. The molecule has 0 aliphatic carbocycles. The molecule has 0 bridgehead atoms. The van der Waals surface area contributed by atoms with E-state index in [2.05, 4.69) is 9.82 Å². The van der Waals surface area contributed by atoms with E-state index in [1.54, 1.807) is 36.6 Å². The lowest BCUT2D eigenvalue weighted by Crippen LogP contribution is -2.27. The molecule has 2 heterocycles. The minimum atomic E-state index is -4.31. The fourth-order valence-electron chi connectivity index (χ4n) is 4.59. The minimum absolute atomic E-state index is 0.180. The maximum absolute atomic E-state index is 13.8. The average Bonchev–Trinajstić information content (AvgIpc) is 3.64. The van der Waals surface area contributed by atoms with Crippen LogP contribution in [0.1, 0.15) is 34.0 Å². The second kappa shape index (κ2) is 11.2. The molecule has 1 aliphatic heterocycles. The highest BCUT2D eigenvalue weighted by atomic mass is 32.2. The van der Waals surface area contributed by atoms with Gasteiger partial charge in [-0.2, -0.15) is 17.9 Å². The summed E-state index contributed by atoms with van der Waals surface area (Å²) >= 11 is 1.35. The first-order valence-electron chi connectivity index (χ1n) is 12.6. The first-order valence-corrected chi connectivity index (χ1v) is 16.4. The van der Waals surface area contributed by atoms with Gasteiger partial charge in [0.1, 0.15) is 6.04 Å². The molecule has 1 aliphatic rings. The van der Waals surface area contributed by atoms with Gasteiger partial charge in [0.05, 0.1) is 25.3 Å². The summed E-state index contributed by atoms with van der Waals surface area (Å²) in [6, 6.07) is 16.2. The number of thiophene rings is 1. The number of nitro groups is 2. The summed E-state index contributed by atoms with van der Waals surface area (Å²) in [5, 5.41) is 28.8. The lowest BCUT2D eigenvalue weighted by Gasteiger charge is -2.23. The van der Waals surface area contributed by atoms with Gasteiger partial charge in [0.25, 0.3) is 31.4 Å². The van der Waals surface area contributed by atoms with Gasteiger partial charge in [-0.05, 0) is 54.1 Å². The number of non-ortho nitro benzene ring substituents is 2. The van der Waals surface area contributed by atoms with E-state index in [1.807, 2.05) is 0 Å². The Labute approximate surface area is 250 Å². The molecule has 1 N–H and O–H groups in total. The van der Waals surface area contributed by atoms with Gasteiger partial charge in [0.15, 0.2) is 0 Å². The maximum Gasteiger partial charge on any atom is 0.280 e. The molecule has 222 valence electrons. The zero-order chi connectivity index (χ0) is 31.1. The summed E-state index contributed by atoms with van der Waals surface area (Å²) in [6.45, 7) is 3.07. The van der Waals surface area contributed by atoms with Crippen molar-refractivity contribution in [3.8, 4) is 0 Å². The molecular weight excluding hydrogens is 619 g/mol. The molecule has 5 rings (SSSR count). The van der Waals surface area contributed by atoms with E-state index in [4.69, 9.17) is 0 Å². The van der Waals surface area contributed by atoms with Crippen molar-refractivity contribution in [2.24, 2.45) is 5.10 Å². The molecule has 0 fully saturated rings. The van der Waals surface area contributed by atoms with Gasteiger partial charge in [0.2, 0.25) is 0 Å². The Balaban J connectivity index is 1.47. The summed E-state index contributed by atoms with van der Waals surface area (Å²) in [6.07, 6.45) is 0.200. The second-order valence-electron chi connectivity index (χ2n) is 9.66. The van der Waals surface area contributed by atoms with Crippen molar-refractivity contribution < 1.29 is 26.7 Å². The number of rotatable bonds is 9. The molecule has 0 radical (unpaired) electrons. The molecular formula is C27H23N5O8S3. The summed E-state index contributed by atoms with van der Waals surface area (Å²) < 4.78 is 57.1. The predicted octanol–water partition coefficient (Wildman–Crippen LogP) is 5.52. The Morgan fingerprint density at radius 1 is 0.860 bits per heavy atom. The van der Waals surface area contributed by atoms with Gasteiger partial charge in [-0.15, -0.1) is 11.3 Å². The SMILES string of the molecule is Cc1ccc([N+](=O)[O-])cc1S(=O)(=O)Nc1ccc(C2=NN(S(=O)(=O)c3cc([N+](=O)[O-])ccc3C)C(c3cccs3)C2)cc1. The molecule has 16 heteroatoms. The van der Waals surface area contributed by atoms with Gasteiger partial charge in [-0.1, -0.05) is 30.3 Å². The number of nitrogens with zero attached hydrogens (tertiary/aromatic N) is 4. The van der Waals surface area contributed by atoms with Crippen LogP contribution in [-0.4, -0.2) is 36.8 Å². The molecule has 1 aromatic heterocycles. The maximum atomic E-state index is 13.8. The standard InChI is InChI=1S/C27H23N5O8S3/c1-17-5-11-21(31(33)34)14-26(17)42(37,38)29-20-9-7-19(8-10-20)23-16-24(25-4-3-13-41-25)30(28-23)43(39,40)27-15-22(32(35)36)12-6-18(27)2/h3-15,24,29H,16H2,1-2H3. The van der Waals surface area contributed by atoms with E-state index < -0.39 is 35.9 Å². The number of nitro benzene ring substituents is 2. The molecule has 3 aromatic carbocycles. The van der Waals surface area contributed by atoms with E-state index in [1.165, 1.54) is 54.7 Å². The third-order valence-electron chi connectivity index (χ3n) is 6.79. The van der Waals surface area contributed by atoms with E-state index in [-0.39, 0.29) is 33.3 Å². The fraction of sp³-hybridized carbons (Fsp3) is 0.148. The average molecular weight is 642 g/mol. The van der Waals surface area contributed by atoms with Gasteiger partial charge < -0.3 is 0 Å². The van der Waals surface area contributed by atoms with E-state index >= 15 is 0 Å². The van der Waals surface area contributed by atoms with Gasteiger partial charge in [0, 0.05) is 41.3 Å². The highest BCUT2D eigenvalue weighted by Gasteiger charge is 2.39. The topological polar surface area (TPSA) is 182 Å². The summed E-state index contributed by atoms with van der Waals surface area (Å²) in [5.74, 6) is 0. The second-order valence-corrected chi connectivity index (χ2v) is 14.1. The molecule has 43 heavy (non-hydrogen) atoms. The molecule has 13 nitrogen and oxygen atoms in total. The van der Waals surface area contributed by atoms with Gasteiger partial charge in [-0.3, -0.25) is 25.0 Å². The van der Waals surface area contributed by atoms with Crippen LogP contribution >= 0.6 is 11.3 Å². The third-order valence-corrected chi connectivity index (χ3v) is 11.1. The molecule has 0 saturated carbocycles. The number of nitrogens with one attached hydrogen (secondary N) is 1. The predicted molar refractivity (Wildman–Crippen MR) is 160 cm³/mol. The third kappa shape index (κ3) is 5.84. The Morgan fingerprint density at radius 2 is 1.44 bits per heavy atom. The molecule has 0 amide bonds. The van der Waals surface area contributed by atoms with Crippen molar-refractivity contribution >= 4 is 54.2 Å². The van der Waals surface area contributed by atoms with Crippen molar-refractivity contribution in [1.82, 2.24) is 4.41 Å². The Hall–Kier alpha value is -4.67. The quantitative estimate of drug-likeness (QED) is 0.183. The van der Waals surface area contributed by atoms with Crippen LogP contribution in [0.3, 0.4) is 0 Å². The zero-order valence-electron chi connectivity index (χ0n) is 22.6. The normalized spacial score (nSPS) is 15.3. The molecule has 1 atom stereocenters. The van der Waals surface area contributed by atoms with Crippen molar-refractivity contribution in [2.45, 2.75) is 36.1 Å². The highest BCUT2D eigenvalue weighted by Crippen LogP contribution is 2.40. The van der Waals surface area contributed by atoms with Crippen molar-refractivity contribution in [2.75, 3.05) is 4.72 Å². The summed E-state index contributed by atoms with van der Waals surface area (Å²) in [7, 11) is -8.47. The Kier molecular flexibility index (Phi) is 7.76. The zero-order valence-corrected chi connectivity index (χ0v) is 25.0. The molecule has 4 aromatic rings. The first-order chi connectivity index (χ1) is 20.3. The van der Waals surface area contributed by atoms with Crippen LogP contribution in [0.2, 0.25) is 0 Å². The van der Waals surface area contributed by atoms with Crippen molar-refractivity contribution in [1.29, 1.82) is 0 Å². The molecule has 0 saturated heterocycles. The van der Waals surface area contributed by atoms with Gasteiger partial charge in [-0.25, -0.2) is 8.42 Å². The Bertz CT molecular complexity index is 1990.